The first-order valence-corrected chi connectivity index (χ1v) is 3.69. The summed E-state index contributed by atoms with van der Waals surface area (Å²) in [5.41, 5.74) is 1.15. The molecular weight excluding hydrogens is 174 g/mol. The minimum absolute atomic E-state index is 0. The van der Waals surface area contributed by atoms with Gasteiger partial charge in [0.1, 0.15) is 0 Å². The van der Waals surface area contributed by atoms with Gasteiger partial charge in [-0.1, -0.05) is 12.2 Å². The lowest BCUT2D eigenvalue weighted by atomic mass is 10.1. The van der Waals surface area contributed by atoms with Crippen LogP contribution in [0.3, 0.4) is 0 Å². The Labute approximate surface area is 77.7 Å². The molecule has 2 nitrogen and oxygen atoms in total. The summed E-state index contributed by atoms with van der Waals surface area (Å²) in [5, 5.41) is 0. The number of rotatable bonds is 0. The van der Waals surface area contributed by atoms with Gasteiger partial charge in [-0.3, -0.25) is 4.79 Å². The average molecular weight is 184 g/mol. The van der Waals surface area contributed by atoms with Crippen LogP contribution in [-0.2, 0) is 4.79 Å². The van der Waals surface area contributed by atoms with Crippen molar-refractivity contribution in [1.82, 2.24) is 4.90 Å². The van der Waals surface area contributed by atoms with Crippen molar-refractivity contribution in [3.8, 4) is 0 Å². The van der Waals surface area contributed by atoms with Crippen LogP contribution in [0.5, 0.6) is 0 Å². The molecule has 3 heteroatoms. The first-order chi connectivity index (χ1) is 5.36. The lowest BCUT2D eigenvalue weighted by Gasteiger charge is -2.25. The van der Waals surface area contributed by atoms with Gasteiger partial charge in [0.25, 0.3) is 0 Å². The van der Waals surface area contributed by atoms with Crippen LogP contribution in [0, 0.1) is 0 Å². The summed E-state index contributed by atoms with van der Waals surface area (Å²) in [7, 11) is 0. The van der Waals surface area contributed by atoms with E-state index in [0.717, 1.165) is 5.70 Å². The summed E-state index contributed by atoms with van der Waals surface area (Å²) in [6.07, 6.45) is 10.4. The number of carbonyl (C=O) groups excluding carboxylic acids is 1. The van der Waals surface area contributed by atoms with Crippen molar-refractivity contribution in [3.63, 3.8) is 0 Å². The highest BCUT2D eigenvalue weighted by Crippen LogP contribution is 2.16. The van der Waals surface area contributed by atoms with Crippen molar-refractivity contribution in [3.05, 3.63) is 36.2 Å². The number of hydrogen-bond acceptors (Lipinski definition) is 2. The molecule has 0 amide bonds. The Morgan fingerprint density at radius 2 is 2.17 bits per heavy atom. The Hall–Kier alpha value is -1.02. The Balaban J connectivity index is 0.000000720. The first-order valence-electron chi connectivity index (χ1n) is 3.69. The Bertz CT molecular complexity index is 278. The van der Waals surface area contributed by atoms with Gasteiger partial charge in [-0.2, -0.15) is 0 Å². The first kappa shape index (κ1) is 9.07. The topological polar surface area (TPSA) is 20.3 Å². The molecule has 12 heavy (non-hydrogen) atoms. The number of fused-ring (bicyclic) bond motifs is 1. The average Bonchev–Trinajstić information content (AvgIpc) is 2.04. The van der Waals surface area contributed by atoms with Gasteiger partial charge in [-0.15, -0.1) is 12.4 Å². The van der Waals surface area contributed by atoms with Gasteiger partial charge in [-0.05, 0) is 12.2 Å². The van der Waals surface area contributed by atoms with Crippen LogP contribution in [0.2, 0.25) is 0 Å². The van der Waals surface area contributed by atoms with E-state index in [9.17, 15) is 4.79 Å². The van der Waals surface area contributed by atoms with Crippen molar-refractivity contribution < 1.29 is 4.79 Å². The summed E-state index contributed by atoms with van der Waals surface area (Å²) < 4.78 is 0. The van der Waals surface area contributed by atoms with E-state index in [0.29, 0.717) is 13.0 Å². The lowest BCUT2D eigenvalue weighted by Crippen LogP contribution is -2.28. The summed E-state index contributed by atoms with van der Waals surface area (Å²) in [4.78, 5) is 12.9. The van der Waals surface area contributed by atoms with Gasteiger partial charge >= 0.3 is 0 Å². The molecule has 0 atom stereocenters. The van der Waals surface area contributed by atoms with Crippen molar-refractivity contribution >= 4 is 18.2 Å². The summed E-state index contributed by atoms with van der Waals surface area (Å²) >= 11 is 0. The van der Waals surface area contributed by atoms with Gasteiger partial charge in [0, 0.05) is 18.3 Å². The molecule has 2 rings (SSSR count). The van der Waals surface area contributed by atoms with Crippen LogP contribution >= 0.6 is 12.4 Å². The van der Waals surface area contributed by atoms with Gasteiger partial charge in [0.05, 0.1) is 6.54 Å². The van der Waals surface area contributed by atoms with E-state index in [-0.39, 0.29) is 18.2 Å². The molecule has 0 aromatic carbocycles. The monoisotopic (exact) mass is 183 g/mol. The molecule has 2 aliphatic heterocycles. The number of allylic oxidation sites excluding steroid dienone is 4. The van der Waals surface area contributed by atoms with E-state index in [4.69, 9.17) is 0 Å². The highest BCUT2D eigenvalue weighted by molar-refractivity contribution is 5.85. The van der Waals surface area contributed by atoms with Gasteiger partial charge < -0.3 is 4.90 Å². The molecule has 0 fully saturated rings. The molecule has 2 aliphatic rings. The standard InChI is InChI=1S/C9H9NO.ClH/c11-9-5-4-8-3-1-2-6-10(8)7-9;/h1-4,6H,5,7H2;1H. The maximum absolute atomic E-state index is 11.0. The minimum Gasteiger partial charge on any atom is -0.341 e. The fraction of sp³-hybridized carbons (Fsp3) is 0.222. The molecule has 0 radical (unpaired) electrons. The van der Waals surface area contributed by atoms with E-state index in [1.807, 2.05) is 35.4 Å². The summed E-state index contributed by atoms with van der Waals surface area (Å²) in [5.74, 6) is 0.286. The van der Waals surface area contributed by atoms with E-state index < -0.39 is 0 Å². The second-order valence-corrected chi connectivity index (χ2v) is 2.70. The zero-order chi connectivity index (χ0) is 7.68. The van der Waals surface area contributed by atoms with Gasteiger partial charge in [0.2, 0.25) is 0 Å². The molecule has 0 aliphatic carbocycles. The Kier molecular flexibility index (Phi) is 2.71. The van der Waals surface area contributed by atoms with Gasteiger partial charge in [0.15, 0.2) is 5.78 Å². The molecule has 0 aromatic rings. The molecule has 0 spiro atoms. The third-order valence-corrected chi connectivity index (χ3v) is 1.86. The summed E-state index contributed by atoms with van der Waals surface area (Å²) in [6, 6.07) is 0. The second kappa shape index (κ2) is 3.59. The third kappa shape index (κ3) is 1.59. The highest BCUT2D eigenvalue weighted by Gasteiger charge is 2.15. The summed E-state index contributed by atoms with van der Waals surface area (Å²) in [6.45, 7) is 0.534. The fourth-order valence-electron chi connectivity index (χ4n) is 1.29. The number of carbonyl (C=O) groups is 1. The zero-order valence-electron chi connectivity index (χ0n) is 6.56. The maximum Gasteiger partial charge on any atom is 0.156 e. The molecule has 0 unspecified atom stereocenters. The lowest BCUT2D eigenvalue weighted by molar-refractivity contribution is -0.119. The predicted molar refractivity (Wildman–Crippen MR) is 49.9 cm³/mol. The number of nitrogens with zero attached hydrogens (tertiary/aromatic N) is 1. The number of Topliss-reactive ketones (excluding diaryl/α,β-unsaturated/α-hetero) is 1. The van der Waals surface area contributed by atoms with Crippen LogP contribution < -0.4 is 0 Å². The van der Waals surface area contributed by atoms with Crippen molar-refractivity contribution in [2.75, 3.05) is 6.54 Å². The molecule has 2 heterocycles. The van der Waals surface area contributed by atoms with E-state index >= 15 is 0 Å². The normalized spacial score (nSPS) is 19.8. The van der Waals surface area contributed by atoms with Crippen LogP contribution in [0.25, 0.3) is 0 Å². The van der Waals surface area contributed by atoms with Gasteiger partial charge in [-0.25, -0.2) is 0 Å². The predicted octanol–water partition coefficient (Wildman–Crippen LogP) is 1.65. The smallest absolute Gasteiger partial charge is 0.156 e. The van der Waals surface area contributed by atoms with Crippen LogP contribution in [0.4, 0.5) is 0 Å². The molecule has 0 bridgehead atoms. The fourth-order valence-corrected chi connectivity index (χ4v) is 1.29. The van der Waals surface area contributed by atoms with Crippen molar-refractivity contribution in [2.24, 2.45) is 0 Å². The Morgan fingerprint density at radius 1 is 1.33 bits per heavy atom. The highest BCUT2D eigenvalue weighted by atomic mass is 35.5. The molecule has 0 saturated carbocycles. The maximum atomic E-state index is 11.0. The van der Waals surface area contributed by atoms with E-state index in [1.165, 1.54) is 0 Å². The quantitative estimate of drug-likeness (QED) is 0.569. The largest absolute Gasteiger partial charge is 0.341 e. The molecule has 64 valence electrons. The number of halogens is 1. The third-order valence-electron chi connectivity index (χ3n) is 1.86. The second-order valence-electron chi connectivity index (χ2n) is 2.70. The van der Waals surface area contributed by atoms with E-state index in [1.54, 1.807) is 0 Å². The SMILES string of the molecule is Cl.O=C1CC=C2C=CC=CN2C1. The molecule has 0 aromatic heterocycles. The number of ketones is 1. The number of hydrogen-bond donors (Lipinski definition) is 0. The molecule has 0 saturated heterocycles. The van der Waals surface area contributed by atoms with Crippen LogP contribution in [-0.4, -0.2) is 17.2 Å². The Morgan fingerprint density at radius 3 is 3.00 bits per heavy atom. The van der Waals surface area contributed by atoms with Crippen molar-refractivity contribution in [1.29, 1.82) is 0 Å². The van der Waals surface area contributed by atoms with E-state index in [2.05, 4.69) is 0 Å². The zero-order valence-corrected chi connectivity index (χ0v) is 7.38. The van der Waals surface area contributed by atoms with Crippen LogP contribution in [0.15, 0.2) is 36.2 Å². The minimum atomic E-state index is 0. The molecule has 0 N–H and O–H groups in total. The van der Waals surface area contributed by atoms with Crippen molar-refractivity contribution in [2.45, 2.75) is 6.42 Å². The van der Waals surface area contributed by atoms with Crippen LogP contribution in [0.1, 0.15) is 6.42 Å². The molecular formula is C9H10ClNO.